The molecular formula is C26H31FN4O3. The Morgan fingerprint density at radius 3 is 2.32 bits per heavy atom. The number of carbonyl (C=O) groups is 2. The molecule has 0 saturated carbocycles. The highest BCUT2D eigenvalue weighted by Gasteiger charge is 2.43. The first-order valence-corrected chi connectivity index (χ1v) is 12.1. The van der Waals surface area contributed by atoms with E-state index < -0.39 is 0 Å². The molecule has 0 aliphatic carbocycles. The van der Waals surface area contributed by atoms with Crippen LogP contribution in [-0.2, 0) is 16.0 Å². The third-order valence-electron chi connectivity index (χ3n) is 7.25. The van der Waals surface area contributed by atoms with Crippen molar-refractivity contribution in [1.82, 2.24) is 9.80 Å². The zero-order valence-corrected chi connectivity index (χ0v) is 19.5. The van der Waals surface area contributed by atoms with Crippen molar-refractivity contribution in [3.05, 3.63) is 59.9 Å². The molecule has 7 nitrogen and oxygen atoms in total. The number of benzene rings is 2. The maximum absolute atomic E-state index is 14.6. The molecule has 0 aromatic heterocycles. The number of ether oxygens (including phenoxy) is 1. The lowest BCUT2D eigenvalue weighted by atomic mass is 9.82. The highest BCUT2D eigenvalue weighted by atomic mass is 19.1. The zero-order valence-electron chi connectivity index (χ0n) is 19.5. The summed E-state index contributed by atoms with van der Waals surface area (Å²) in [6, 6.07) is 15.1. The third-order valence-corrected chi connectivity index (χ3v) is 7.25. The molecule has 2 amide bonds. The van der Waals surface area contributed by atoms with Gasteiger partial charge in [-0.05, 0) is 37.1 Å². The van der Waals surface area contributed by atoms with Crippen molar-refractivity contribution < 1.29 is 18.7 Å². The average Bonchev–Trinajstić information content (AvgIpc) is 2.88. The topological polar surface area (TPSA) is 56.3 Å². The Morgan fingerprint density at radius 2 is 1.59 bits per heavy atom. The van der Waals surface area contributed by atoms with Crippen molar-refractivity contribution in [3.63, 3.8) is 0 Å². The molecule has 2 saturated heterocycles. The summed E-state index contributed by atoms with van der Waals surface area (Å²) in [6.45, 7) is 6.11. The van der Waals surface area contributed by atoms with Gasteiger partial charge < -0.3 is 24.3 Å². The number of rotatable bonds is 3. The molecule has 2 aromatic carbocycles. The van der Waals surface area contributed by atoms with E-state index in [0.717, 1.165) is 6.54 Å². The van der Waals surface area contributed by atoms with E-state index in [2.05, 4.69) is 21.9 Å². The molecule has 8 heteroatoms. The Kier molecular flexibility index (Phi) is 6.30. The molecule has 3 aliphatic rings. The molecule has 0 spiro atoms. The van der Waals surface area contributed by atoms with Gasteiger partial charge in [0.05, 0.1) is 24.3 Å². The summed E-state index contributed by atoms with van der Waals surface area (Å²) in [5.41, 5.74) is 2.95. The van der Waals surface area contributed by atoms with Crippen LogP contribution < -0.4 is 9.80 Å². The highest BCUT2D eigenvalue weighted by Crippen LogP contribution is 2.38. The minimum Gasteiger partial charge on any atom is -0.450 e. The summed E-state index contributed by atoms with van der Waals surface area (Å²) in [7, 11) is 0. The summed E-state index contributed by atoms with van der Waals surface area (Å²) in [6.07, 6.45) is 0.347. The molecule has 34 heavy (non-hydrogen) atoms. The van der Waals surface area contributed by atoms with Crippen molar-refractivity contribution in [2.45, 2.75) is 19.4 Å². The molecule has 180 valence electrons. The van der Waals surface area contributed by atoms with Crippen LogP contribution in [0.2, 0.25) is 0 Å². The number of halogens is 1. The number of nitrogens with zero attached hydrogens (tertiary/aromatic N) is 4. The fraction of sp³-hybridized carbons (Fsp3) is 0.462. The average molecular weight is 467 g/mol. The Hall–Kier alpha value is -3.29. The Balaban J connectivity index is 1.37. The van der Waals surface area contributed by atoms with E-state index >= 15 is 0 Å². The summed E-state index contributed by atoms with van der Waals surface area (Å²) in [5, 5.41) is 0. The Labute approximate surface area is 199 Å². The van der Waals surface area contributed by atoms with Crippen LogP contribution in [0.1, 0.15) is 12.5 Å². The summed E-state index contributed by atoms with van der Waals surface area (Å²) in [4.78, 5) is 33.8. The lowest BCUT2D eigenvalue weighted by Crippen LogP contribution is -2.62. The lowest BCUT2D eigenvalue weighted by Gasteiger charge is -2.50. The lowest BCUT2D eigenvalue weighted by molar-refractivity contribution is -0.138. The minimum absolute atomic E-state index is 0.0427. The molecule has 2 fully saturated rings. The number of amides is 2. The van der Waals surface area contributed by atoms with Gasteiger partial charge in [-0.1, -0.05) is 30.3 Å². The van der Waals surface area contributed by atoms with Crippen LogP contribution in [0.15, 0.2) is 48.5 Å². The van der Waals surface area contributed by atoms with E-state index in [1.165, 1.54) is 17.3 Å². The number of carbonyl (C=O) groups excluding carboxylic acids is 2. The van der Waals surface area contributed by atoms with Gasteiger partial charge in [-0.15, -0.1) is 0 Å². The van der Waals surface area contributed by atoms with E-state index in [9.17, 15) is 14.0 Å². The summed E-state index contributed by atoms with van der Waals surface area (Å²) >= 11 is 0. The molecule has 0 radical (unpaired) electrons. The van der Waals surface area contributed by atoms with Crippen molar-refractivity contribution in [1.29, 1.82) is 0 Å². The summed E-state index contributed by atoms with van der Waals surface area (Å²) in [5.74, 6) is -0.341. The zero-order chi connectivity index (χ0) is 23.7. The van der Waals surface area contributed by atoms with Gasteiger partial charge in [0.1, 0.15) is 5.82 Å². The van der Waals surface area contributed by atoms with Crippen LogP contribution >= 0.6 is 0 Å². The smallest absolute Gasteiger partial charge is 0.409 e. The maximum Gasteiger partial charge on any atom is 0.409 e. The summed E-state index contributed by atoms with van der Waals surface area (Å²) < 4.78 is 19.7. The van der Waals surface area contributed by atoms with Crippen LogP contribution in [0.25, 0.3) is 0 Å². The van der Waals surface area contributed by atoms with Gasteiger partial charge in [-0.2, -0.15) is 0 Å². The first-order chi connectivity index (χ1) is 16.6. The molecule has 0 bridgehead atoms. The second kappa shape index (κ2) is 9.52. The van der Waals surface area contributed by atoms with Crippen molar-refractivity contribution in [3.8, 4) is 0 Å². The number of para-hydroxylation sites is 2. The monoisotopic (exact) mass is 466 g/mol. The number of hydrogen-bond donors (Lipinski definition) is 0. The van der Waals surface area contributed by atoms with Gasteiger partial charge in [0, 0.05) is 51.5 Å². The van der Waals surface area contributed by atoms with Crippen LogP contribution in [0, 0.1) is 11.7 Å². The quantitative estimate of drug-likeness (QED) is 0.696. The fourth-order valence-electron chi connectivity index (χ4n) is 5.53. The van der Waals surface area contributed by atoms with Crippen LogP contribution in [0.5, 0.6) is 0 Å². The number of hydrogen-bond acceptors (Lipinski definition) is 5. The highest BCUT2D eigenvalue weighted by molar-refractivity contribution is 5.83. The van der Waals surface area contributed by atoms with Gasteiger partial charge in [0.25, 0.3) is 0 Å². The largest absolute Gasteiger partial charge is 0.450 e. The molecule has 5 rings (SSSR count). The van der Waals surface area contributed by atoms with E-state index in [1.807, 2.05) is 29.2 Å². The molecule has 2 unspecified atom stereocenters. The standard InChI is InChI=1S/C26H31FN4O3/c1-2-34-26(33)29-13-11-28(12-14-29)25(32)20-17-19-7-3-5-9-22(19)31-16-15-30(18-24(20)31)23-10-6-4-8-21(23)27/h3-10,20,24H,2,11-18H2,1H3. The normalized spacial score (nSPS) is 22.2. The van der Waals surface area contributed by atoms with E-state index in [-0.39, 0.29) is 29.8 Å². The van der Waals surface area contributed by atoms with Gasteiger partial charge in [0.15, 0.2) is 0 Å². The van der Waals surface area contributed by atoms with E-state index in [0.29, 0.717) is 58.0 Å². The van der Waals surface area contributed by atoms with E-state index in [1.54, 1.807) is 17.9 Å². The SMILES string of the molecule is CCOC(=O)N1CCN(C(=O)C2Cc3ccccc3N3CCN(c4ccccc4F)CC23)CC1. The third kappa shape index (κ3) is 4.17. The maximum atomic E-state index is 14.6. The van der Waals surface area contributed by atoms with Gasteiger partial charge in [-0.3, -0.25) is 4.79 Å². The number of anilines is 2. The fourth-order valence-corrected chi connectivity index (χ4v) is 5.53. The molecular weight excluding hydrogens is 435 g/mol. The van der Waals surface area contributed by atoms with Crippen molar-refractivity contribution >= 4 is 23.4 Å². The van der Waals surface area contributed by atoms with Crippen molar-refractivity contribution in [2.75, 3.05) is 62.2 Å². The number of piperazine rings is 2. The molecule has 3 heterocycles. The minimum atomic E-state index is -0.319. The predicted octanol–water partition coefficient (Wildman–Crippen LogP) is 2.99. The Bertz CT molecular complexity index is 1060. The van der Waals surface area contributed by atoms with E-state index in [4.69, 9.17) is 4.74 Å². The van der Waals surface area contributed by atoms with Crippen molar-refractivity contribution in [2.24, 2.45) is 5.92 Å². The first-order valence-electron chi connectivity index (χ1n) is 12.1. The number of fused-ring (bicyclic) bond motifs is 3. The van der Waals surface area contributed by atoms with Gasteiger partial charge in [0.2, 0.25) is 5.91 Å². The molecule has 2 atom stereocenters. The second-order valence-electron chi connectivity index (χ2n) is 9.11. The second-order valence-corrected chi connectivity index (χ2v) is 9.11. The van der Waals surface area contributed by atoms with Gasteiger partial charge >= 0.3 is 6.09 Å². The van der Waals surface area contributed by atoms with Crippen LogP contribution in [0.3, 0.4) is 0 Å². The first kappa shape index (κ1) is 22.5. The van der Waals surface area contributed by atoms with Gasteiger partial charge in [-0.25, -0.2) is 9.18 Å². The molecule has 0 N–H and O–H groups in total. The predicted molar refractivity (Wildman–Crippen MR) is 129 cm³/mol. The molecule has 2 aromatic rings. The Morgan fingerprint density at radius 1 is 0.912 bits per heavy atom. The van der Waals surface area contributed by atoms with Crippen LogP contribution in [0.4, 0.5) is 20.6 Å². The van der Waals surface area contributed by atoms with Crippen LogP contribution in [-0.4, -0.2) is 80.3 Å². The molecule has 3 aliphatic heterocycles.